The smallest absolute Gasteiger partial charge is 0.164 e. The molecule has 0 unspecified atom stereocenters. The van der Waals surface area contributed by atoms with Crippen molar-refractivity contribution in [1.82, 2.24) is 24.5 Å². The lowest BCUT2D eigenvalue weighted by Crippen LogP contribution is -2.00. The molecule has 0 saturated heterocycles. The van der Waals surface area contributed by atoms with Crippen molar-refractivity contribution in [3.63, 3.8) is 0 Å². The van der Waals surface area contributed by atoms with Crippen molar-refractivity contribution in [3.05, 3.63) is 188 Å². The van der Waals surface area contributed by atoms with Gasteiger partial charge in [0.25, 0.3) is 0 Å². The molecule has 12 rings (SSSR count). The number of nitrogens with zero attached hydrogens (tertiary/aromatic N) is 5. The number of aromatic nitrogens is 5. The summed E-state index contributed by atoms with van der Waals surface area (Å²) in [6.07, 6.45) is 0. The maximum absolute atomic E-state index is 6.26. The molecule has 59 heavy (non-hydrogen) atoms. The molecule has 0 fully saturated rings. The van der Waals surface area contributed by atoms with Crippen molar-refractivity contribution < 1.29 is 4.42 Å². The minimum Gasteiger partial charge on any atom is -0.456 e. The fourth-order valence-corrected chi connectivity index (χ4v) is 9.57. The van der Waals surface area contributed by atoms with Crippen LogP contribution in [0.3, 0.4) is 0 Å². The van der Waals surface area contributed by atoms with Gasteiger partial charge in [-0.05, 0) is 71.8 Å². The number of furan rings is 1. The van der Waals surface area contributed by atoms with E-state index in [1.807, 2.05) is 84.1 Å². The van der Waals surface area contributed by atoms with Crippen LogP contribution in [0.5, 0.6) is 0 Å². The maximum Gasteiger partial charge on any atom is 0.164 e. The zero-order valence-electron chi connectivity index (χ0n) is 31.5. The molecule has 8 aromatic carbocycles. The zero-order chi connectivity index (χ0) is 38.9. The van der Waals surface area contributed by atoms with E-state index in [0.717, 1.165) is 77.9 Å². The average molecular weight is 774 g/mol. The topological polar surface area (TPSA) is 69.6 Å². The van der Waals surface area contributed by atoms with E-state index in [9.17, 15) is 0 Å². The van der Waals surface area contributed by atoms with Gasteiger partial charge in [0, 0.05) is 58.9 Å². The van der Waals surface area contributed by atoms with E-state index in [1.54, 1.807) is 0 Å². The van der Waals surface area contributed by atoms with Gasteiger partial charge in [0.05, 0.1) is 11.0 Å². The molecule has 12 aromatic rings. The minimum atomic E-state index is 0.597. The monoisotopic (exact) mass is 773 g/mol. The Balaban J connectivity index is 0.995. The summed E-state index contributed by atoms with van der Waals surface area (Å²) in [7, 11) is 0. The van der Waals surface area contributed by atoms with E-state index in [2.05, 4.69) is 120 Å². The molecule has 6 nitrogen and oxygen atoms in total. The Kier molecular flexibility index (Phi) is 7.61. The van der Waals surface area contributed by atoms with Gasteiger partial charge < -0.3 is 4.42 Å². The normalized spacial score (nSPS) is 11.7. The molecule has 0 N–H and O–H groups in total. The van der Waals surface area contributed by atoms with Crippen LogP contribution in [0, 0.1) is 0 Å². The van der Waals surface area contributed by atoms with Crippen molar-refractivity contribution in [2.75, 3.05) is 0 Å². The Bertz CT molecular complexity index is 3570. The number of imidazole rings is 1. The van der Waals surface area contributed by atoms with E-state index in [1.165, 1.54) is 20.2 Å². The Labute approximate surface area is 342 Å². The molecule has 0 aliphatic carbocycles. The molecule has 0 saturated carbocycles. The molecule has 0 aliphatic heterocycles. The van der Waals surface area contributed by atoms with Gasteiger partial charge >= 0.3 is 0 Å². The van der Waals surface area contributed by atoms with Gasteiger partial charge in [-0.2, -0.15) is 0 Å². The number of thiophene rings is 1. The average Bonchev–Trinajstić information content (AvgIpc) is 4.01. The van der Waals surface area contributed by atoms with Gasteiger partial charge in [-0.1, -0.05) is 127 Å². The summed E-state index contributed by atoms with van der Waals surface area (Å²) >= 11 is 1.82. The summed E-state index contributed by atoms with van der Waals surface area (Å²) in [4.78, 5) is 20.5. The second kappa shape index (κ2) is 13.4. The third-order valence-corrected chi connectivity index (χ3v) is 12.3. The molecule has 0 spiro atoms. The van der Waals surface area contributed by atoms with E-state index < -0.39 is 0 Å². The summed E-state index contributed by atoms with van der Waals surface area (Å²) in [6.45, 7) is 0. The van der Waals surface area contributed by atoms with Gasteiger partial charge in [0.1, 0.15) is 17.0 Å². The van der Waals surface area contributed by atoms with Gasteiger partial charge in [-0.15, -0.1) is 11.3 Å². The van der Waals surface area contributed by atoms with Gasteiger partial charge in [0.15, 0.2) is 17.5 Å². The number of hydrogen-bond acceptors (Lipinski definition) is 6. The second-order valence-corrected chi connectivity index (χ2v) is 15.7. The van der Waals surface area contributed by atoms with Gasteiger partial charge in [-0.25, -0.2) is 19.9 Å². The number of para-hydroxylation sites is 4. The molecule has 276 valence electrons. The molecule has 4 aromatic heterocycles. The van der Waals surface area contributed by atoms with E-state index >= 15 is 0 Å². The fraction of sp³-hybridized carbons (Fsp3) is 0. The van der Waals surface area contributed by atoms with Gasteiger partial charge in [-0.3, -0.25) is 4.57 Å². The SMILES string of the molecule is c1ccc(-c2nc(-c3cccc(-c4cccc5c4sc4ccc(-c6nc7ccccc7n6-c6ccccc6)cc45)c3)nc(-c3cccc4oc5ccccc5c34)n2)cc1. The standard InChI is InChI=1S/C52H31N5OS/c1-3-14-32(15-4-1)49-54-50(56-51(55-49)40-23-13-27-45-47(40)39-20-7-10-26-44(39)58-45)34-17-11-16-33(30-34)37-21-12-22-38-41-31-35(28-29-46(41)59-48(37)38)52-53-42-24-8-9-25-43(42)57(52)36-18-5-2-6-19-36/h1-31H. The Morgan fingerprint density at radius 3 is 1.98 bits per heavy atom. The highest BCUT2D eigenvalue weighted by atomic mass is 32.1. The van der Waals surface area contributed by atoms with Crippen molar-refractivity contribution in [1.29, 1.82) is 0 Å². The van der Waals surface area contributed by atoms with Crippen LogP contribution in [0.15, 0.2) is 192 Å². The van der Waals surface area contributed by atoms with Crippen LogP contribution < -0.4 is 0 Å². The van der Waals surface area contributed by atoms with E-state index in [4.69, 9.17) is 24.4 Å². The quantitative estimate of drug-likeness (QED) is 0.168. The minimum absolute atomic E-state index is 0.597. The summed E-state index contributed by atoms with van der Waals surface area (Å²) in [5.41, 5.74) is 10.8. The third kappa shape index (κ3) is 5.55. The number of benzene rings is 8. The molecule has 0 atom stereocenters. The Morgan fingerprint density at radius 1 is 0.424 bits per heavy atom. The van der Waals surface area contributed by atoms with Gasteiger partial charge in [0.2, 0.25) is 0 Å². The lowest BCUT2D eigenvalue weighted by molar-refractivity contribution is 0.669. The molecule has 0 amide bonds. The van der Waals surface area contributed by atoms with Crippen LogP contribution in [0.2, 0.25) is 0 Å². The van der Waals surface area contributed by atoms with Crippen LogP contribution in [-0.4, -0.2) is 24.5 Å². The second-order valence-electron chi connectivity index (χ2n) is 14.6. The first-order valence-corrected chi connectivity index (χ1v) is 20.4. The summed E-state index contributed by atoms with van der Waals surface area (Å²) in [5, 5.41) is 4.45. The first kappa shape index (κ1) is 33.4. The molecular weight excluding hydrogens is 743 g/mol. The molecule has 0 bridgehead atoms. The predicted octanol–water partition coefficient (Wildman–Crippen LogP) is 13.8. The highest BCUT2D eigenvalue weighted by Crippen LogP contribution is 2.43. The number of hydrogen-bond donors (Lipinski definition) is 0. The highest BCUT2D eigenvalue weighted by Gasteiger charge is 2.20. The van der Waals surface area contributed by atoms with Crippen molar-refractivity contribution >= 4 is 64.5 Å². The lowest BCUT2D eigenvalue weighted by atomic mass is 10.00. The number of fused-ring (bicyclic) bond motifs is 7. The van der Waals surface area contributed by atoms with Crippen molar-refractivity contribution in [3.8, 4) is 62.4 Å². The van der Waals surface area contributed by atoms with E-state index in [0.29, 0.717) is 17.5 Å². The zero-order valence-corrected chi connectivity index (χ0v) is 32.3. The molecular formula is C52H31N5OS. The Morgan fingerprint density at radius 2 is 1.08 bits per heavy atom. The summed E-state index contributed by atoms with van der Waals surface area (Å²) in [5.74, 6) is 2.74. The first-order chi connectivity index (χ1) is 29.2. The molecule has 0 radical (unpaired) electrons. The number of rotatable bonds is 6. The lowest BCUT2D eigenvalue weighted by Gasteiger charge is -2.11. The van der Waals surface area contributed by atoms with Crippen LogP contribution in [0.4, 0.5) is 0 Å². The van der Waals surface area contributed by atoms with E-state index in [-0.39, 0.29) is 0 Å². The van der Waals surface area contributed by atoms with Crippen LogP contribution in [0.25, 0.3) is 116 Å². The fourth-order valence-electron chi connectivity index (χ4n) is 8.35. The third-order valence-electron chi connectivity index (χ3n) is 11.1. The van der Waals surface area contributed by atoms with Crippen LogP contribution in [-0.2, 0) is 0 Å². The Hall–Kier alpha value is -7.74. The predicted molar refractivity (Wildman–Crippen MR) is 242 cm³/mol. The van der Waals surface area contributed by atoms with Crippen molar-refractivity contribution in [2.24, 2.45) is 0 Å². The summed E-state index contributed by atoms with van der Waals surface area (Å²) < 4.78 is 11.0. The highest BCUT2D eigenvalue weighted by molar-refractivity contribution is 7.26. The largest absolute Gasteiger partial charge is 0.456 e. The molecule has 0 aliphatic rings. The summed E-state index contributed by atoms with van der Waals surface area (Å²) in [6, 6.07) is 65.0. The first-order valence-electron chi connectivity index (χ1n) is 19.5. The van der Waals surface area contributed by atoms with Crippen LogP contribution in [0.1, 0.15) is 0 Å². The van der Waals surface area contributed by atoms with Crippen LogP contribution >= 0.6 is 11.3 Å². The maximum atomic E-state index is 6.26. The molecule has 7 heteroatoms. The molecule has 4 heterocycles. The van der Waals surface area contributed by atoms with Crippen molar-refractivity contribution in [2.45, 2.75) is 0 Å².